The fourth-order valence-electron chi connectivity index (χ4n) is 3.40. The van der Waals surface area contributed by atoms with Crippen LogP contribution in [0.4, 0.5) is 0 Å². The Morgan fingerprint density at radius 3 is 1.80 bits per heavy atom. The lowest BCUT2D eigenvalue weighted by molar-refractivity contribution is -0.302. The quantitative estimate of drug-likeness (QED) is 0.559. The molecule has 0 saturated carbocycles. The minimum absolute atomic E-state index is 0.267. The molecule has 0 radical (unpaired) electrons. The van der Waals surface area contributed by atoms with Crippen molar-refractivity contribution in [1.82, 2.24) is 0 Å². The lowest BCUT2D eigenvalue weighted by atomic mass is 9.99. The van der Waals surface area contributed by atoms with Crippen LogP contribution in [0.2, 0.25) is 0 Å². The van der Waals surface area contributed by atoms with E-state index in [1.165, 1.54) is 7.11 Å². The van der Waals surface area contributed by atoms with E-state index in [1.807, 2.05) is 60.7 Å². The maximum absolute atomic E-state index is 11.9. The fraction of sp³-hybridized carbons (Fsp3) is 0.455. The van der Waals surface area contributed by atoms with Crippen molar-refractivity contribution in [2.24, 2.45) is 0 Å². The maximum Gasteiger partial charge on any atom is 0.264 e. The Labute approximate surface area is 178 Å². The zero-order chi connectivity index (χ0) is 21.6. The van der Waals surface area contributed by atoms with Crippen LogP contribution in [0.5, 0.6) is 0 Å². The molecule has 1 fully saturated rings. The number of hydrogen-bond acceptors (Lipinski definition) is 7. The van der Waals surface area contributed by atoms with Gasteiger partial charge in [-0.3, -0.25) is 4.18 Å². The van der Waals surface area contributed by atoms with Gasteiger partial charge in [0, 0.05) is 7.11 Å². The van der Waals surface area contributed by atoms with Crippen LogP contribution < -0.4 is 0 Å². The predicted molar refractivity (Wildman–Crippen MR) is 111 cm³/mol. The Kier molecular flexibility index (Phi) is 7.99. The Balaban J connectivity index is 1.83. The van der Waals surface area contributed by atoms with E-state index in [4.69, 9.17) is 23.1 Å². The molecule has 1 aliphatic rings. The van der Waals surface area contributed by atoms with Gasteiger partial charge in [-0.25, -0.2) is 0 Å². The van der Waals surface area contributed by atoms with E-state index in [1.54, 1.807) is 6.92 Å². The third-order valence-electron chi connectivity index (χ3n) is 4.82. The second-order valence-corrected chi connectivity index (χ2v) is 8.83. The molecule has 2 aromatic rings. The van der Waals surface area contributed by atoms with Crippen molar-refractivity contribution in [3.05, 3.63) is 71.8 Å². The first-order valence-corrected chi connectivity index (χ1v) is 11.6. The highest BCUT2D eigenvalue weighted by molar-refractivity contribution is 7.86. The summed E-state index contributed by atoms with van der Waals surface area (Å²) in [5, 5.41) is 0. The fourth-order valence-corrected chi connectivity index (χ4v) is 4.07. The Morgan fingerprint density at radius 1 is 0.833 bits per heavy atom. The van der Waals surface area contributed by atoms with Crippen molar-refractivity contribution in [3.8, 4) is 0 Å². The largest absolute Gasteiger partial charge is 0.368 e. The smallest absolute Gasteiger partial charge is 0.264 e. The molecule has 0 bridgehead atoms. The van der Waals surface area contributed by atoms with Gasteiger partial charge in [-0.05, 0) is 18.1 Å². The molecule has 164 valence electrons. The van der Waals surface area contributed by atoms with Crippen molar-refractivity contribution >= 4 is 10.1 Å². The third-order valence-corrected chi connectivity index (χ3v) is 5.39. The molecule has 5 atom stereocenters. The highest BCUT2D eigenvalue weighted by atomic mass is 32.2. The minimum atomic E-state index is -3.74. The summed E-state index contributed by atoms with van der Waals surface area (Å²) in [6, 6.07) is 19.3. The molecule has 30 heavy (non-hydrogen) atoms. The highest BCUT2D eigenvalue weighted by Gasteiger charge is 2.48. The van der Waals surface area contributed by atoms with Crippen LogP contribution in [-0.2, 0) is 46.5 Å². The summed E-state index contributed by atoms with van der Waals surface area (Å²) in [7, 11) is -2.23. The molecular weight excluding hydrogens is 408 g/mol. The molecule has 0 aromatic heterocycles. The second-order valence-electron chi connectivity index (χ2n) is 7.23. The van der Waals surface area contributed by atoms with Crippen molar-refractivity contribution in [2.75, 3.05) is 13.4 Å². The summed E-state index contributed by atoms with van der Waals surface area (Å²) in [5.74, 6) is 0. The molecule has 7 nitrogen and oxygen atoms in total. The number of hydrogen-bond donors (Lipinski definition) is 0. The summed E-state index contributed by atoms with van der Waals surface area (Å²) in [6.07, 6.45) is -2.60. The van der Waals surface area contributed by atoms with Crippen molar-refractivity contribution in [1.29, 1.82) is 0 Å². The van der Waals surface area contributed by atoms with E-state index in [2.05, 4.69) is 0 Å². The molecule has 0 N–H and O–H groups in total. The molecule has 8 heteroatoms. The molecule has 0 unspecified atom stereocenters. The van der Waals surface area contributed by atoms with Crippen LogP contribution in [0, 0.1) is 0 Å². The highest BCUT2D eigenvalue weighted by Crippen LogP contribution is 2.30. The molecule has 2 aromatic carbocycles. The van der Waals surface area contributed by atoms with Gasteiger partial charge in [0.1, 0.15) is 18.3 Å². The van der Waals surface area contributed by atoms with E-state index in [9.17, 15) is 8.42 Å². The minimum Gasteiger partial charge on any atom is -0.368 e. The predicted octanol–water partition coefficient (Wildman–Crippen LogP) is 2.89. The molecule has 0 amide bonds. The maximum atomic E-state index is 11.9. The molecule has 1 aliphatic heterocycles. The molecular formula is C22H28O7S. The van der Waals surface area contributed by atoms with Crippen LogP contribution in [0.15, 0.2) is 60.7 Å². The number of ether oxygens (including phenoxy) is 4. The van der Waals surface area contributed by atoms with Crippen LogP contribution in [0.3, 0.4) is 0 Å². The summed E-state index contributed by atoms with van der Waals surface area (Å²) >= 11 is 0. The van der Waals surface area contributed by atoms with Gasteiger partial charge in [-0.2, -0.15) is 8.42 Å². The van der Waals surface area contributed by atoms with E-state index in [-0.39, 0.29) is 6.61 Å². The van der Waals surface area contributed by atoms with Gasteiger partial charge in [0.05, 0.1) is 25.6 Å². The van der Waals surface area contributed by atoms with Crippen LogP contribution in [0.1, 0.15) is 18.1 Å². The summed E-state index contributed by atoms with van der Waals surface area (Å²) in [4.78, 5) is 0. The summed E-state index contributed by atoms with van der Waals surface area (Å²) in [5.41, 5.74) is 1.92. The monoisotopic (exact) mass is 436 g/mol. The Hall–Kier alpha value is -1.81. The first-order valence-electron chi connectivity index (χ1n) is 9.75. The van der Waals surface area contributed by atoms with Crippen LogP contribution in [0.25, 0.3) is 0 Å². The molecule has 1 heterocycles. The van der Waals surface area contributed by atoms with Crippen molar-refractivity contribution in [2.45, 2.75) is 50.8 Å². The van der Waals surface area contributed by atoms with E-state index >= 15 is 0 Å². The number of rotatable bonds is 9. The van der Waals surface area contributed by atoms with Gasteiger partial charge in [0.2, 0.25) is 0 Å². The van der Waals surface area contributed by atoms with Crippen LogP contribution in [-0.4, -0.2) is 52.5 Å². The summed E-state index contributed by atoms with van der Waals surface area (Å²) < 4.78 is 52.8. The third kappa shape index (κ3) is 6.34. The average molecular weight is 437 g/mol. The first-order chi connectivity index (χ1) is 14.4. The van der Waals surface area contributed by atoms with Crippen molar-refractivity contribution in [3.63, 3.8) is 0 Å². The normalized spacial score (nSPS) is 27.1. The molecule has 0 aliphatic carbocycles. The Bertz CT molecular complexity index is 873. The van der Waals surface area contributed by atoms with Gasteiger partial charge >= 0.3 is 0 Å². The second kappa shape index (κ2) is 10.5. The lowest BCUT2D eigenvalue weighted by Gasteiger charge is -2.44. The van der Waals surface area contributed by atoms with Crippen molar-refractivity contribution < 1.29 is 31.5 Å². The zero-order valence-electron chi connectivity index (χ0n) is 17.3. The van der Waals surface area contributed by atoms with Gasteiger partial charge in [0.25, 0.3) is 10.1 Å². The van der Waals surface area contributed by atoms with E-state index in [0.29, 0.717) is 6.61 Å². The number of methoxy groups -OCH3 is 1. The van der Waals surface area contributed by atoms with Gasteiger partial charge in [-0.15, -0.1) is 0 Å². The summed E-state index contributed by atoms with van der Waals surface area (Å²) in [6.45, 7) is 2.29. The average Bonchev–Trinajstić information content (AvgIpc) is 2.73. The SMILES string of the molecule is CO[C@H]1O[C@H](C)[C@@H](OS(C)(=O)=O)[C@@H](OCc2ccccc2)[C@@H]1OCc1ccccc1. The van der Waals surface area contributed by atoms with E-state index in [0.717, 1.165) is 17.4 Å². The van der Waals surface area contributed by atoms with E-state index < -0.39 is 40.8 Å². The Morgan fingerprint density at radius 2 is 1.33 bits per heavy atom. The van der Waals surface area contributed by atoms with Gasteiger partial charge in [0.15, 0.2) is 6.29 Å². The first kappa shape index (κ1) is 22.9. The molecule has 3 rings (SSSR count). The van der Waals surface area contributed by atoms with Gasteiger partial charge in [-0.1, -0.05) is 60.7 Å². The zero-order valence-corrected chi connectivity index (χ0v) is 18.2. The molecule has 0 spiro atoms. The van der Waals surface area contributed by atoms with Crippen LogP contribution >= 0.6 is 0 Å². The van der Waals surface area contributed by atoms with Gasteiger partial charge < -0.3 is 18.9 Å². The topological polar surface area (TPSA) is 80.3 Å². The molecule has 1 saturated heterocycles. The number of benzene rings is 2. The lowest BCUT2D eigenvalue weighted by Crippen LogP contribution is -2.60. The standard InChI is InChI=1S/C22H28O7S/c1-16-19(29-30(3,23)24)20(26-14-17-10-6-4-7-11-17)21(22(25-2)28-16)27-15-18-12-8-5-9-13-18/h4-13,16,19-22H,14-15H2,1-3H3/t16-,19-,20-,21+,22+/m1/s1.